The van der Waals surface area contributed by atoms with Gasteiger partial charge in [0, 0.05) is 30.4 Å². The summed E-state index contributed by atoms with van der Waals surface area (Å²) < 4.78 is 16.4. The Hall–Kier alpha value is -0.910. The third kappa shape index (κ3) is 5.23. The van der Waals surface area contributed by atoms with Crippen molar-refractivity contribution in [2.75, 3.05) is 45.3 Å². The second-order valence-electron chi connectivity index (χ2n) is 4.45. The van der Waals surface area contributed by atoms with Gasteiger partial charge in [0.15, 0.2) is 11.5 Å². The van der Waals surface area contributed by atoms with Crippen molar-refractivity contribution in [1.82, 2.24) is 5.32 Å². The fraction of sp³-hybridized carbons (Fsp3) is 0.600. The van der Waals surface area contributed by atoms with Crippen LogP contribution in [-0.2, 0) is 4.74 Å². The molecule has 2 rings (SSSR count). The highest BCUT2D eigenvalue weighted by molar-refractivity contribution is 7.99. The average Bonchev–Trinajstić information content (AvgIpc) is 2.50. The quantitative estimate of drug-likeness (QED) is 0.560. The molecule has 0 radical (unpaired) electrons. The molecule has 1 aromatic carbocycles. The highest BCUT2D eigenvalue weighted by Gasteiger charge is 2.11. The number of hydrogen-bond donors (Lipinski definition) is 1. The molecule has 1 heterocycles. The molecule has 1 aliphatic heterocycles. The standard InChI is InChI=1S/C15H23NO3S/c1-2-17-8-3-6-16-7-11-20-13-4-5-14-15(12-13)19-10-9-18-14/h4-5,12,16H,2-3,6-11H2,1H3. The Morgan fingerprint density at radius 3 is 2.90 bits per heavy atom. The molecule has 0 saturated carbocycles. The van der Waals surface area contributed by atoms with Gasteiger partial charge in [0.1, 0.15) is 13.2 Å². The highest BCUT2D eigenvalue weighted by Crippen LogP contribution is 2.33. The van der Waals surface area contributed by atoms with Crippen LogP contribution in [0, 0.1) is 0 Å². The summed E-state index contributed by atoms with van der Waals surface area (Å²) in [6, 6.07) is 6.15. The second kappa shape index (κ2) is 9.10. The number of fused-ring (bicyclic) bond motifs is 1. The smallest absolute Gasteiger partial charge is 0.162 e. The number of benzene rings is 1. The molecule has 0 unspecified atom stereocenters. The molecule has 0 fully saturated rings. The van der Waals surface area contributed by atoms with Crippen LogP contribution in [0.2, 0.25) is 0 Å². The SMILES string of the molecule is CCOCCCNCCSc1ccc2c(c1)OCCO2. The van der Waals surface area contributed by atoms with E-state index >= 15 is 0 Å². The van der Waals surface area contributed by atoms with Gasteiger partial charge in [-0.2, -0.15) is 0 Å². The summed E-state index contributed by atoms with van der Waals surface area (Å²) in [5.74, 6) is 2.77. The lowest BCUT2D eigenvalue weighted by Crippen LogP contribution is -2.19. The van der Waals surface area contributed by atoms with E-state index in [0.717, 1.165) is 50.0 Å². The van der Waals surface area contributed by atoms with E-state index in [1.165, 1.54) is 4.90 Å². The van der Waals surface area contributed by atoms with Crippen LogP contribution >= 0.6 is 11.8 Å². The van der Waals surface area contributed by atoms with Gasteiger partial charge in [-0.15, -0.1) is 11.8 Å². The zero-order valence-corrected chi connectivity index (χ0v) is 12.8. The molecule has 4 nitrogen and oxygen atoms in total. The Balaban J connectivity index is 1.60. The molecule has 0 bridgehead atoms. The summed E-state index contributed by atoms with van der Waals surface area (Å²) in [7, 11) is 0. The molecule has 0 spiro atoms. The number of ether oxygens (including phenoxy) is 3. The topological polar surface area (TPSA) is 39.7 Å². The Morgan fingerprint density at radius 1 is 1.20 bits per heavy atom. The first-order valence-electron chi connectivity index (χ1n) is 7.21. The molecule has 1 aromatic rings. The van der Waals surface area contributed by atoms with Crippen molar-refractivity contribution in [2.24, 2.45) is 0 Å². The van der Waals surface area contributed by atoms with E-state index in [2.05, 4.69) is 17.4 Å². The minimum atomic E-state index is 0.641. The second-order valence-corrected chi connectivity index (χ2v) is 5.62. The van der Waals surface area contributed by atoms with E-state index in [4.69, 9.17) is 14.2 Å². The summed E-state index contributed by atoms with van der Waals surface area (Å²) in [6.45, 7) is 6.98. The van der Waals surface area contributed by atoms with E-state index in [1.807, 2.05) is 24.8 Å². The number of nitrogens with one attached hydrogen (secondary N) is 1. The lowest BCUT2D eigenvalue weighted by molar-refractivity contribution is 0.145. The van der Waals surface area contributed by atoms with Crippen LogP contribution in [0.15, 0.2) is 23.1 Å². The molecule has 0 saturated heterocycles. The van der Waals surface area contributed by atoms with Crippen LogP contribution in [-0.4, -0.2) is 45.3 Å². The van der Waals surface area contributed by atoms with Crippen molar-refractivity contribution in [3.63, 3.8) is 0 Å². The lowest BCUT2D eigenvalue weighted by Gasteiger charge is -2.18. The van der Waals surface area contributed by atoms with Gasteiger partial charge in [-0.05, 0) is 38.1 Å². The van der Waals surface area contributed by atoms with Crippen molar-refractivity contribution in [3.05, 3.63) is 18.2 Å². The maximum absolute atomic E-state index is 5.58. The van der Waals surface area contributed by atoms with Crippen molar-refractivity contribution in [2.45, 2.75) is 18.2 Å². The normalized spacial score (nSPS) is 13.4. The molecule has 0 atom stereocenters. The third-order valence-electron chi connectivity index (χ3n) is 2.91. The maximum atomic E-state index is 5.58. The predicted molar refractivity (Wildman–Crippen MR) is 82.1 cm³/mol. The predicted octanol–water partition coefficient (Wildman–Crippen LogP) is 2.57. The van der Waals surface area contributed by atoms with E-state index in [1.54, 1.807) is 0 Å². The molecule has 112 valence electrons. The summed E-state index contributed by atoms with van der Waals surface area (Å²) in [5.41, 5.74) is 0. The molecule has 0 aromatic heterocycles. The number of rotatable bonds is 9. The Bertz CT molecular complexity index is 401. The number of thioether (sulfide) groups is 1. The first kappa shape index (κ1) is 15.5. The van der Waals surface area contributed by atoms with Gasteiger partial charge in [-0.3, -0.25) is 0 Å². The highest BCUT2D eigenvalue weighted by atomic mass is 32.2. The van der Waals surface area contributed by atoms with Gasteiger partial charge in [-0.25, -0.2) is 0 Å². The molecule has 1 aliphatic rings. The molecular weight excluding hydrogens is 274 g/mol. The van der Waals surface area contributed by atoms with Gasteiger partial charge in [0.05, 0.1) is 0 Å². The van der Waals surface area contributed by atoms with Gasteiger partial charge in [-0.1, -0.05) is 0 Å². The van der Waals surface area contributed by atoms with Crippen LogP contribution in [0.4, 0.5) is 0 Å². The third-order valence-corrected chi connectivity index (χ3v) is 3.90. The molecule has 0 amide bonds. The minimum absolute atomic E-state index is 0.641. The molecule has 1 N–H and O–H groups in total. The lowest BCUT2D eigenvalue weighted by atomic mass is 10.3. The Labute approximate surface area is 125 Å². The van der Waals surface area contributed by atoms with Crippen LogP contribution in [0.5, 0.6) is 11.5 Å². The molecular formula is C15H23NO3S. The monoisotopic (exact) mass is 297 g/mol. The Kier molecular flexibility index (Phi) is 7.05. The zero-order valence-electron chi connectivity index (χ0n) is 12.0. The number of hydrogen-bond acceptors (Lipinski definition) is 5. The molecule has 20 heavy (non-hydrogen) atoms. The van der Waals surface area contributed by atoms with Gasteiger partial charge < -0.3 is 19.5 Å². The summed E-state index contributed by atoms with van der Waals surface area (Å²) in [5, 5.41) is 3.42. The zero-order chi connectivity index (χ0) is 14.0. The van der Waals surface area contributed by atoms with Crippen LogP contribution in [0.25, 0.3) is 0 Å². The van der Waals surface area contributed by atoms with Crippen molar-refractivity contribution < 1.29 is 14.2 Å². The summed E-state index contributed by atoms with van der Waals surface area (Å²) in [4.78, 5) is 1.23. The van der Waals surface area contributed by atoms with Gasteiger partial charge in [0.25, 0.3) is 0 Å². The molecule has 5 heteroatoms. The van der Waals surface area contributed by atoms with Crippen molar-refractivity contribution in [3.8, 4) is 11.5 Å². The summed E-state index contributed by atoms with van der Waals surface area (Å²) in [6.07, 6.45) is 1.07. The van der Waals surface area contributed by atoms with Crippen molar-refractivity contribution in [1.29, 1.82) is 0 Å². The van der Waals surface area contributed by atoms with E-state index < -0.39 is 0 Å². The average molecular weight is 297 g/mol. The van der Waals surface area contributed by atoms with E-state index in [0.29, 0.717) is 13.2 Å². The van der Waals surface area contributed by atoms with Crippen LogP contribution < -0.4 is 14.8 Å². The first-order valence-corrected chi connectivity index (χ1v) is 8.19. The van der Waals surface area contributed by atoms with E-state index in [9.17, 15) is 0 Å². The Morgan fingerprint density at radius 2 is 2.05 bits per heavy atom. The first-order chi connectivity index (χ1) is 9.90. The maximum Gasteiger partial charge on any atom is 0.162 e. The fourth-order valence-corrected chi connectivity index (χ4v) is 2.76. The largest absolute Gasteiger partial charge is 0.486 e. The van der Waals surface area contributed by atoms with Gasteiger partial charge >= 0.3 is 0 Å². The minimum Gasteiger partial charge on any atom is -0.486 e. The van der Waals surface area contributed by atoms with Crippen LogP contribution in [0.3, 0.4) is 0 Å². The van der Waals surface area contributed by atoms with E-state index in [-0.39, 0.29) is 0 Å². The fourth-order valence-electron chi connectivity index (χ4n) is 1.92. The summed E-state index contributed by atoms with van der Waals surface area (Å²) >= 11 is 1.83. The van der Waals surface area contributed by atoms with Crippen LogP contribution in [0.1, 0.15) is 13.3 Å². The van der Waals surface area contributed by atoms with Gasteiger partial charge in [0.2, 0.25) is 0 Å². The van der Waals surface area contributed by atoms with Crippen molar-refractivity contribution >= 4 is 11.8 Å². The molecule has 0 aliphatic carbocycles.